The van der Waals surface area contributed by atoms with Crippen LogP contribution >= 0.6 is 7.82 Å². The largest absolute Gasteiger partial charge is 0.497 e. The van der Waals surface area contributed by atoms with Gasteiger partial charge in [0.1, 0.15) is 5.75 Å². The van der Waals surface area contributed by atoms with Crippen molar-refractivity contribution in [3.63, 3.8) is 0 Å². The maximum atomic E-state index is 10.8. The van der Waals surface area contributed by atoms with Gasteiger partial charge in [-0.2, -0.15) is 0 Å². The summed E-state index contributed by atoms with van der Waals surface area (Å²) in [5.41, 5.74) is 0.709. The fraction of sp³-hybridized carbons (Fsp3) is 0.231. The zero-order valence-electron chi connectivity index (χ0n) is 10.6. The molecule has 0 saturated carbocycles. The summed E-state index contributed by atoms with van der Waals surface area (Å²) < 4.78 is 20.6. The van der Waals surface area contributed by atoms with Crippen LogP contribution in [0.4, 0.5) is 0 Å². The van der Waals surface area contributed by atoms with Crippen LogP contribution in [-0.4, -0.2) is 16.9 Å². The Hall–Kier alpha value is -1.39. The zero-order chi connectivity index (χ0) is 14.0. The normalized spacial score (nSPS) is 13.5. The van der Waals surface area contributed by atoms with Gasteiger partial charge in [0.25, 0.3) is 0 Å². The number of hydrogen-bond acceptors (Lipinski definition) is 3. The van der Waals surface area contributed by atoms with E-state index in [-0.39, 0.29) is 0 Å². The summed E-state index contributed by atoms with van der Waals surface area (Å²) in [4.78, 5) is 17.6. The number of ether oxygens (including phenoxy) is 1. The lowest BCUT2D eigenvalue weighted by Gasteiger charge is -2.14. The molecule has 0 aromatic heterocycles. The van der Waals surface area contributed by atoms with Gasteiger partial charge in [-0.1, -0.05) is 18.2 Å². The third-order valence-electron chi connectivity index (χ3n) is 2.84. The molecule has 0 aliphatic rings. The SMILES string of the molecule is COc1ccc2cc(C(C)OP(=O)(O)O)ccc2c1. The lowest BCUT2D eigenvalue weighted by Crippen LogP contribution is -1.98. The van der Waals surface area contributed by atoms with E-state index in [2.05, 4.69) is 4.52 Å². The molecular weight excluding hydrogens is 267 g/mol. The van der Waals surface area contributed by atoms with E-state index in [1.165, 1.54) is 0 Å². The molecule has 1 unspecified atom stereocenters. The highest BCUT2D eigenvalue weighted by Gasteiger charge is 2.20. The standard InChI is InChI=1S/C13H15O5P/c1-9(18-19(14,15)16)10-3-4-12-8-13(17-2)6-5-11(12)7-10/h3-9H,1-2H3,(H2,14,15,16). The van der Waals surface area contributed by atoms with Crippen molar-refractivity contribution in [3.8, 4) is 5.75 Å². The fourth-order valence-corrected chi connectivity index (χ4v) is 2.42. The van der Waals surface area contributed by atoms with Crippen LogP contribution < -0.4 is 4.74 Å². The Bertz CT molecular complexity index is 634. The van der Waals surface area contributed by atoms with Gasteiger partial charge in [0, 0.05) is 0 Å². The molecule has 0 fully saturated rings. The molecule has 0 spiro atoms. The van der Waals surface area contributed by atoms with Crippen molar-refractivity contribution in [3.05, 3.63) is 42.0 Å². The molecule has 102 valence electrons. The van der Waals surface area contributed by atoms with Crippen LogP contribution in [0, 0.1) is 0 Å². The maximum Gasteiger partial charge on any atom is 0.470 e. The number of phosphoric ester groups is 1. The third-order valence-corrected chi connectivity index (χ3v) is 3.43. The molecule has 1 atom stereocenters. The van der Waals surface area contributed by atoms with Gasteiger partial charge in [-0.25, -0.2) is 4.57 Å². The van der Waals surface area contributed by atoms with E-state index in [0.29, 0.717) is 5.56 Å². The Morgan fingerprint density at radius 3 is 2.37 bits per heavy atom. The molecule has 0 amide bonds. The van der Waals surface area contributed by atoms with E-state index in [9.17, 15) is 4.57 Å². The maximum absolute atomic E-state index is 10.8. The smallest absolute Gasteiger partial charge is 0.470 e. The summed E-state index contributed by atoms with van der Waals surface area (Å²) in [6, 6.07) is 11.1. The lowest BCUT2D eigenvalue weighted by molar-refractivity contribution is 0.146. The summed E-state index contributed by atoms with van der Waals surface area (Å²) in [6.07, 6.45) is -0.674. The van der Waals surface area contributed by atoms with Crippen molar-refractivity contribution in [2.75, 3.05) is 7.11 Å². The molecule has 19 heavy (non-hydrogen) atoms. The molecule has 0 radical (unpaired) electrons. The van der Waals surface area contributed by atoms with Gasteiger partial charge < -0.3 is 14.5 Å². The first-order valence-corrected chi connectivity index (χ1v) is 7.24. The summed E-state index contributed by atoms with van der Waals surface area (Å²) in [5, 5.41) is 1.95. The minimum Gasteiger partial charge on any atom is -0.497 e. The molecular formula is C13H15O5P. The molecule has 2 aromatic rings. The Morgan fingerprint density at radius 2 is 1.74 bits per heavy atom. The quantitative estimate of drug-likeness (QED) is 0.843. The Labute approximate surface area is 111 Å². The minimum absolute atomic E-state index is 0.674. The van der Waals surface area contributed by atoms with Crippen LogP contribution in [-0.2, 0) is 9.09 Å². The molecule has 2 aromatic carbocycles. The molecule has 2 rings (SSSR count). The highest BCUT2D eigenvalue weighted by Crippen LogP contribution is 2.42. The lowest BCUT2D eigenvalue weighted by atomic mass is 10.0. The van der Waals surface area contributed by atoms with E-state index in [0.717, 1.165) is 16.5 Å². The number of phosphoric acid groups is 1. The van der Waals surface area contributed by atoms with Crippen molar-refractivity contribution in [1.29, 1.82) is 0 Å². The van der Waals surface area contributed by atoms with Gasteiger partial charge in [-0.3, -0.25) is 4.52 Å². The van der Waals surface area contributed by atoms with Gasteiger partial charge in [-0.15, -0.1) is 0 Å². The van der Waals surface area contributed by atoms with E-state index < -0.39 is 13.9 Å². The predicted molar refractivity (Wildman–Crippen MR) is 72.0 cm³/mol. The van der Waals surface area contributed by atoms with Crippen molar-refractivity contribution in [2.45, 2.75) is 13.0 Å². The molecule has 0 aliphatic heterocycles. The van der Waals surface area contributed by atoms with E-state index in [1.54, 1.807) is 20.1 Å². The number of benzene rings is 2. The number of methoxy groups -OCH3 is 1. The van der Waals surface area contributed by atoms with Crippen LogP contribution in [0.3, 0.4) is 0 Å². The summed E-state index contributed by atoms with van der Waals surface area (Å²) in [7, 11) is -2.88. The average molecular weight is 282 g/mol. The van der Waals surface area contributed by atoms with Crippen LogP contribution in [0.25, 0.3) is 10.8 Å². The predicted octanol–water partition coefficient (Wildman–Crippen LogP) is 3.02. The minimum atomic E-state index is -4.48. The van der Waals surface area contributed by atoms with Crippen LogP contribution in [0.2, 0.25) is 0 Å². The van der Waals surface area contributed by atoms with Crippen molar-refractivity contribution in [1.82, 2.24) is 0 Å². The van der Waals surface area contributed by atoms with Gasteiger partial charge in [-0.05, 0) is 41.5 Å². The van der Waals surface area contributed by atoms with E-state index in [1.807, 2.05) is 30.3 Å². The van der Waals surface area contributed by atoms with Gasteiger partial charge in [0.05, 0.1) is 13.2 Å². The number of rotatable bonds is 4. The van der Waals surface area contributed by atoms with E-state index in [4.69, 9.17) is 14.5 Å². The summed E-state index contributed by atoms with van der Waals surface area (Å²) in [6.45, 7) is 1.60. The summed E-state index contributed by atoms with van der Waals surface area (Å²) in [5.74, 6) is 0.764. The first-order chi connectivity index (χ1) is 8.89. The Morgan fingerprint density at radius 1 is 1.11 bits per heavy atom. The number of hydrogen-bond donors (Lipinski definition) is 2. The monoisotopic (exact) mass is 282 g/mol. The first-order valence-electron chi connectivity index (χ1n) is 5.71. The molecule has 2 N–H and O–H groups in total. The highest BCUT2D eigenvalue weighted by atomic mass is 31.2. The average Bonchev–Trinajstić information content (AvgIpc) is 2.35. The second kappa shape index (κ2) is 5.31. The highest BCUT2D eigenvalue weighted by molar-refractivity contribution is 7.46. The molecule has 0 bridgehead atoms. The molecule has 6 heteroatoms. The van der Waals surface area contributed by atoms with Crippen LogP contribution in [0.15, 0.2) is 36.4 Å². The van der Waals surface area contributed by atoms with Crippen molar-refractivity contribution in [2.24, 2.45) is 0 Å². The van der Waals surface area contributed by atoms with E-state index >= 15 is 0 Å². The second-order valence-electron chi connectivity index (χ2n) is 4.21. The molecule has 0 saturated heterocycles. The Balaban J connectivity index is 2.34. The van der Waals surface area contributed by atoms with Gasteiger partial charge >= 0.3 is 7.82 Å². The third kappa shape index (κ3) is 3.55. The molecule has 5 nitrogen and oxygen atoms in total. The van der Waals surface area contributed by atoms with Crippen LogP contribution in [0.5, 0.6) is 5.75 Å². The fourth-order valence-electron chi connectivity index (χ4n) is 1.89. The summed E-state index contributed by atoms with van der Waals surface area (Å²) >= 11 is 0. The van der Waals surface area contributed by atoms with Gasteiger partial charge in [0.15, 0.2) is 0 Å². The topological polar surface area (TPSA) is 76.0 Å². The van der Waals surface area contributed by atoms with Crippen LogP contribution in [0.1, 0.15) is 18.6 Å². The second-order valence-corrected chi connectivity index (χ2v) is 5.40. The van der Waals surface area contributed by atoms with Crippen molar-refractivity contribution >= 4 is 18.6 Å². The Kier molecular flexibility index (Phi) is 3.92. The molecule has 0 aliphatic carbocycles. The molecule has 0 heterocycles. The first kappa shape index (κ1) is 14.0. The zero-order valence-corrected chi connectivity index (χ0v) is 11.5. The number of fused-ring (bicyclic) bond motifs is 1. The van der Waals surface area contributed by atoms with Crippen molar-refractivity contribution < 1.29 is 23.6 Å². The van der Waals surface area contributed by atoms with Gasteiger partial charge in [0.2, 0.25) is 0 Å².